The second kappa shape index (κ2) is 8.56. The van der Waals surface area contributed by atoms with E-state index in [9.17, 15) is 19.4 Å². The van der Waals surface area contributed by atoms with Gasteiger partial charge < -0.3 is 14.9 Å². The summed E-state index contributed by atoms with van der Waals surface area (Å²) in [6, 6.07) is 9.98. The molecule has 2 N–H and O–H groups in total. The summed E-state index contributed by atoms with van der Waals surface area (Å²) < 4.78 is 18.6. The molecule has 0 saturated carbocycles. The van der Waals surface area contributed by atoms with Crippen LogP contribution in [-0.2, 0) is 16.1 Å². The third-order valence-electron chi connectivity index (χ3n) is 4.36. The quantitative estimate of drug-likeness (QED) is 0.505. The molecule has 0 aliphatic rings. The fraction of sp³-hybridized carbons (Fsp3) is 0.588. The third-order valence-corrected chi connectivity index (χ3v) is 8.60. The van der Waals surface area contributed by atoms with Crippen molar-refractivity contribution < 1.29 is 24.1 Å². The number of hydrogen-bond acceptors (Lipinski definition) is 3. The molecule has 0 saturated heterocycles. The van der Waals surface area contributed by atoms with E-state index in [0.29, 0.717) is 12.7 Å². The summed E-state index contributed by atoms with van der Waals surface area (Å²) in [6.45, 7) is 5.56. The normalized spacial score (nSPS) is 15.9. The van der Waals surface area contributed by atoms with Crippen molar-refractivity contribution in [3.05, 3.63) is 35.9 Å². The van der Waals surface area contributed by atoms with Crippen LogP contribution in [0.2, 0.25) is 19.1 Å². The fourth-order valence-corrected chi connectivity index (χ4v) is 5.38. The van der Waals surface area contributed by atoms with Crippen molar-refractivity contribution in [2.45, 2.75) is 56.9 Å². The molecule has 130 valence electrons. The van der Waals surface area contributed by atoms with Crippen LogP contribution < -0.4 is 0 Å². The number of rotatable bonds is 10. The topological polar surface area (TPSA) is 66.8 Å². The lowest BCUT2D eigenvalue weighted by Crippen LogP contribution is -2.60. The molecule has 0 aliphatic heterocycles. The summed E-state index contributed by atoms with van der Waals surface area (Å²) >= 11 is 0. The summed E-state index contributed by atoms with van der Waals surface area (Å²) in [5.74, 6) is -1.23. The van der Waals surface area contributed by atoms with E-state index in [1.165, 1.54) is 6.92 Å². The van der Waals surface area contributed by atoms with Crippen LogP contribution in [0.15, 0.2) is 30.3 Å². The number of carboxylic acid groups (broad SMARTS) is 1. The number of halogens is 1. The molecule has 0 amide bonds. The maximum absolute atomic E-state index is 13.1. The van der Waals surface area contributed by atoms with E-state index >= 15 is 0 Å². The maximum Gasteiger partial charge on any atom is 0.332 e. The predicted molar refractivity (Wildman–Crippen MR) is 90.8 cm³/mol. The molecule has 2 unspecified atom stereocenters. The number of alkyl halides is 1. The van der Waals surface area contributed by atoms with E-state index in [4.69, 9.17) is 4.74 Å². The molecule has 0 radical (unpaired) electrons. The van der Waals surface area contributed by atoms with Crippen LogP contribution in [0.25, 0.3) is 0 Å². The lowest BCUT2D eigenvalue weighted by atomic mass is 10.2. The SMILES string of the molecule is CC(F)CC[Si](C)(C)C(O)(CCOCc1ccccc1)C(=O)O. The average molecular weight is 342 g/mol. The van der Waals surface area contributed by atoms with E-state index in [-0.39, 0.29) is 19.4 Å². The van der Waals surface area contributed by atoms with Gasteiger partial charge in [0.1, 0.15) is 0 Å². The zero-order valence-electron chi connectivity index (χ0n) is 14.1. The average Bonchev–Trinajstić information content (AvgIpc) is 2.50. The van der Waals surface area contributed by atoms with E-state index in [1.54, 1.807) is 13.1 Å². The van der Waals surface area contributed by atoms with Crippen molar-refractivity contribution in [3.8, 4) is 0 Å². The van der Waals surface area contributed by atoms with Gasteiger partial charge in [0, 0.05) is 6.42 Å². The van der Waals surface area contributed by atoms with Gasteiger partial charge in [0.25, 0.3) is 0 Å². The van der Waals surface area contributed by atoms with Crippen LogP contribution in [-0.4, -0.2) is 42.3 Å². The predicted octanol–water partition coefficient (Wildman–Crippen LogP) is 3.40. The van der Waals surface area contributed by atoms with Gasteiger partial charge >= 0.3 is 5.97 Å². The fourth-order valence-electron chi connectivity index (χ4n) is 2.49. The Morgan fingerprint density at radius 1 is 1.35 bits per heavy atom. The Hall–Kier alpha value is -1.24. The molecule has 1 aromatic rings. The van der Waals surface area contributed by atoms with Gasteiger partial charge in [-0.3, -0.25) is 0 Å². The van der Waals surface area contributed by atoms with Crippen LogP contribution in [0.4, 0.5) is 4.39 Å². The second-order valence-corrected chi connectivity index (χ2v) is 11.8. The highest BCUT2D eigenvalue weighted by atomic mass is 28.3. The lowest BCUT2D eigenvalue weighted by Gasteiger charge is -2.38. The molecule has 6 heteroatoms. The maximum atomic E-state index is 13.1. The Balaban J connectivity index is 2.60. The number of ether oxygens (including phenoxy) is 1. The van der Waals surface area contributed by atoms with E-state index in [0.717, 1.165) is 5.56 Å². The number of benzene rings is 1. The molecule has 2 atom stereocenters. The number of aliphatic carboxylic acids is 1. The van der Waals surface area contributed by atoms with Gasteiger partial charge in [0.2, 0.25) is 0 Å². The monoisotopic (exact) mass is 342 g/mol. The molecule has 0 spiro atoms. The van der Waals surface area contributed by atoms with Gasteiger partial charge in [-0.25, -0.2) is 9.18 Å². The first kappa shape index (κ1) is 19.8. The smallest absolute Gasteiger partial charge is 0.332 e. The second-order valence-electron chi connectivity index (χ2n) is 6.66. The van der Waals surface area contributed by atoms with Crippen LogP contribution in [0.5, 0.6) is 0 Å². The Labute approximate surface area is 138 Å². The van der Waals surface area contributed by atoms with Gasteiger partial charge in [-0.2, -0.15) is 0 Å². The first-order valence-electron chi connectivity index (χ1n) is 7.90. The molecule has 4 nitrogen and oxygen atoms in total. The third kappa shape index (κ3) is 5.71. The molecule has 1 aromatic carbocycles. The highest BCUT2D eigenvalue weighted by Crippen LogP contribution is 2.30. The van der Waals surface area contributed by atoms with Crippen LogP contribution in [0.1, 0.15) is 25.3 Å². The summed E-state index contributed by atoms with van der Waals surface area (Å²) in [5.41, 5.74) is 0.995. The molecule has 0 fully saturated rings. The number of carboxylic acids is 1. The van der Waals surface area contributed by atoms with Crippen LogP contribution in [0, 0.1) is 0 Å². The molecular formula is C17H27FO4Si. The minimum atomic E-state index is -2.58. The highest BCUT2D eigenvalue weighted by Gasteiger charge is 2.50. The lowest BCUT2D eigenvalue weighted by molar-refractivity contribution is -0.152. The Morgan fingerprint density at radius 3 is 2.48 bits per heavy atom. The zero-order valence-corrected chi connectivity index (χ0v) is 15.1. The van der Waals surface area contributed by atoms with Gasteiger partial charge in [-0.15, -0.1) is 0 Å². The van der Waals surface area contributed by atoms with E-state index < -0.39 is 25.4 Å². The van der Waals surface area contributed by atoms with Crippen molar-refractivity contribution in [1.29, 1.82) is 0 Å². The Bertz CT molecular complexity index is 493. The van der Waals surface area contributed by atoms with Gasteiger partial charge in [0.05, 0.1) is 27.5 Å². The number of aliphatic hydroxyl groups is 1. The number of hydrogen-bond donors (Lipinski definition) is 2. The zero-order chi connectivity index (χ0) is 17.5. The minimum Gasteiger partial charge on any atom is -0.479 e. The molecule has 1 rings (SSSR count). The first-order chi connectivity index (χ1) is 10.7. The van der Waals surface area contributed by atoms with Crippen molar-refractivity contribution in [2.75, 3.05) is 6.61 Å². The largest absolute Gasteiger partial charge is 0.479 e. The Morgan fingerprint density at radius 2 is 1.96 bits per heavy atom. The van der Waals surface area contributed by atoms with E-state index in [1.807, 2.05) is 30.3 Å². The van der Waals surface area contributed by atoms with Crippen LogP contribution >= 0.6 is 0 Å². The van der Waals surface area contributed by atoms with Gasteiger partial charge in [-0.05, 0) is 18.9 Å². The summed E-state index contributed by atoms with van der Waals surface area (Å²) in [4.78, 5) is 11.6. The number of carbonyl (C=O) groups is 1. The molecular weight excluding hydrogens is 315 g/mol. The molecule has 0 aliphatic carbocycles. The van der Waals surface area contributed by atoms with Crippen molar-refractivity contribution >= 4 is 14.0 Å². The molecule has 0 heterocycles. The van der Waals surface area contributed by atoms with Crippen molar-refractivity contribution in [1.82, 2.24) is 0 Å². The first-order valence-corrected chi connectivity index (χ1v) is 11.1. The van der Waals surface area contributed by atoms with Crippen LogP contribution in [0.3, 0.4) is 0 Å². The standard InChI is InChI=1S/C17H27FO4Si/c1-14(18)9-12-23(2,3)17(21,16(19)20)10-11-22-13-15-7-5-4-6-8-15/h4-8,14,21H,9-13H2,1-3H3,(H,19,20). The van der Waals surface area contributed by atoms with E-state index in [2.05, 4.69) is 0 Å². The summed E-state index contributed by atoms with van der Waals surface area (Å²) in [6.07, 6.45) is -0.691. The minimum absolute atomic E-state index is 0.0229. The Kier molecular flexibility index (Phi) is 7.37. The van der Waals surface area contributed by atoms with Gasteiger partial charge in [-0.1, -0.05) is 49.5 Å². The van der Waals surface area contributed by atoms with Crippen molar-refractivity contribution in [3.63, 3.8) is 0 Å². The molecule has 23 heavy (non-hydrogen) atoms. The summed E-state index contributed by atoms with van der Waals surface area (Å²) in [5, 5.41) is 18.4. The highest BCUT2D eigenvalue weighted by molar-refractivity contribution is 6.83. The van der Waals surface area contributed by atoms with Crippen molar-refractivity contribution in [2.24, 2.45) is 0 Å². The van der Waals surface area contributed by atoms with Gasteiger partial charge in [0.15, 0.2) is 5.22 Å². The summed E-state index contributed by atoms with van der Waals surface area (Å²) in [7, 11) is -2.58. The molecule has 0 aromatic heterocycles. The molecule has 0 bridgehead atoms.